The van der Waals surface area contributed by atoms with E-state index in [1.54, 1.807) is 0 Å². The van der Waals surface area contributed by atoms with Gasteiger partial charge in [0, 0.05) is 6.61 Å². The summed E-state index contributed by atoms with van der Waals surface area (Å²) in [5.41, 5.74) is 1.36. The number of aryl methyl sites for hydroxylation is 1. The summed E-state index contributed by atoms with van der Waals surface area (Å²) in [4.78, 5) is 0. The minimum absolute atomic E-state index is 0.0119. The van der Waals surface area contributed by atoms with Crippen LogP contribution in [0.5, 0.6) is 0 Å². The van der Waals surface area contributed by atoms with Crippen LogP contribution in [0.25, 0.3) is 0 Å². The standard InChI is InChI=1S/C16H21IO2/c17-12-11-15(19-16-8-4-5-13-18-16)10-9-14-6-2-1-3-7-14/h1-3,6-7,11-12,15-16H,4-5,8-10,13H2/b12-11+/t15-,16?/m0/s1. The predicted octanol–water partition coefficient (Wildman–Crippen LogP) is 4.48. The van der Waals surface area contributed by atoms with Gasteiger partial charge in [0.15, 0.2) is 6.29 Å². The number of hydrogen-bond donors (Lipinski definition) is 0. The second kappa shape index (κ2) is 8.72. The Labute approximate surface area is 129 Å². The largest absolute Gasteiger partial charge is 0.353 e. The molecule has 0 radical (unpaired) electrons. The highest BCUT2D eigenvalue weighted by Gasteiger charge is 2.18. The summed E-state index contributed by atoms with van der Waals surface area (Å²) in [6.45, 7) is 0.837. The molecule has 0 amide bonds. The molecule has 1 aliphatic rings. The van der Waals surface area contributed by atoms with Crippen molar-refractivity contribution in [2.75, 3.05) is 6.61 Å². The van der Waals surface area contributed by atoms with E-state index < -0.39 is 0 Å². The van der Waals surface area contributed by atoms with Gasteiger partial charge in [0.05, 0.1) is 6.10 Å². The molecule has 0 saturated carbocycles. The van der Waals surface area contributed by atoms with Gasteiger partial charge in [-0.15, -0.1) is 0 Å². The fraction of sp³-hybridized carbons (Fsp3) is 0.500. The minimum Gasteiger partial charge on any atom is -0.353 e. The molecule has 0 N–H and O–H groups in total. The SMILES string of the molecule is I/C=C/[C@H](CCc1ccccc1)OC1CCCCO1. The van der Waals surface area contributed by atoms with Gasteiger partial charge in [-0.25, -0.2) is 0 Å². The maximum absolute atomic E-state index is 6.04. The van der Waals surface area contributed by atoms with Crippen LogP contribution in [0.3, 0.4) is 0 Å². The van der Waals surface area contributed by atoms with Gasteiger partial charge in [-0.1, -0.05) is 52.9 Å². The lowest BCUT2D eigenvalue weighted by Gasteiger charge is -2.26. The van der Waals surface area contributed by atoms with Crippen molar-refractivity contribution in [2.45, 2.75) is 44.5 Å². The Kier molecular flexibility index (Phi) is 6.88. The normalized spacial score (nSPS) is 21.6. The van der Waals surface area contributed by atoms with E-state index in [4.69, 9.17) is 9.47 Å². The van der Waals surface area contributed by atoms with Gasteiger partial charge in [-0.3, -0.25) is 0 Å². The van der Waals surface area contributed by atoms with E-state index in [-0.39, 0.29) is 12.4 Å². The monoisotopic (exact) mass is 372 g/mol. The van der Waals surface area contributed by atoms with Crippen molar-refractivity contribution < 1.29 is 9.47 Å². The van der Waals surface area contributed by atoms with Crippen LogP contribution in [-0.4, -0.2) is 19.0 Å². The second-order valence-corrected chi connectivity index (χ2v) is 5.53. The van der Waals surface area contributed by atoms with Gasteiger partial charge in [0.2, 0.25) is 0 Å². The summed E-state index contributed by atoms with van der Waals surface area (Å²) in [6.07, 6.45) is 7.71. The average Bonchev–Trinajstić information content (AvgIpc) is 2.47. The molecule has 1 aromatic rings. The number of benzene rings is 1. The highest BCUT2D eigenvalue weighted by molar-refractivity contribution is 14.1. The smallest absolute Gasteiger partial charge is 0.158 e. The molecule has 19 heavy (non-hydrogen) atoms. The zero-order valence-electron chi connectivity index (χ0n) is 11.1. The zero-order chi connectivity index (χ0) is 13.3. The Morgan fingerprint density at radius 3 is 2.84 bits per heavy atom. The molecule has 2 atom stereocenters. The maximum Gasteiger partial charge on any atom is 0.158 e. The van der Waals surface area contributed by atoms with E-state index in [0.717, 1.165) is 32.3 Å². The zero-order valence-corrected chi connectivity index (χ0v) is 13.3. The van der Waals surface area contributed by atoms with Crippen LogP contribution in [0.4, 0.5) is 0 Å². The van der Waals surface area contributed by atoms with Crippen LogP contribution >= 0.6 is 22.6 Å². The van der Waals surface area contributed by atoms with Crippen LogP contribution in [0.2, 0.25) is 0 Å². The predicted molar refractivity (Wildman–Crippen MR) is 86.4 cm³/mol. The summed E-state index contributed by atoms with van der Waals surface area (Å²) in [5.74, 6) is 0. The minimum atomic E-state index is -0.0119. The van der Waals surface area contributed by atoms with Crippen LogP contribution in [0, 0.1) is 0 Å². The van der Waals surface area contributed by atoms with Crippen LogP contribution in [-0.2, 0) is 15.9 Å². The molecule has 1 aromatic carbocycles. The van der Waals surface area contributed by atoms with Crippen LogP contribution in [0.15, 0.2) is 40.5 Å². The van der Waals surface area contributed by atoms with Gasteiger partial charge in [0.1, 0.15) is 0 Å². The summed E-state index contributed by atoms with van der Waals surface area (Å²) in [6, 6.07) is 10.6. The van der Waals surface area contributed by atoms with E-state index in [9.17, 15) is 0 Å². The third kappa shape index (κ3) is 5.63. The highest BCUT2D eigenvalue weighted by Crippen LogP contribution is 2.18. The van der Waals surface area contributed by atoms with Crippen molar-refractivity contribution in [3.05, 3.63) is 46.1 Å². The Bertz CT molecular complexity index is 372. The summed E-state index contributed by atoms with van der Waals surface area (Å²) >= 11 is 2.25. The maximum atomic E-state index is 6.04. The molecular formula is C16H21IO2. The first kappa shape index (κ1) is 15.0. The van der Waals surface area contributed by atoms with Crippen molar-refractivity contribution in [3.8, 4) is 0 Å². The average molecular weight is 372 g/mol. The molecule has 0 bridgehead atoms. The van der Waals surface area contributed by atoms with Crippen molar-refractivity contribution in [1.29, 1.82) is 0 Å². The molecule has 104 valence electrons. The Morgan fingerprint density at radius 2 is 2.16 bits per heavy atom. The Morgan fingerprint density at radius 1 is 1.32 bits per heavy atom. The molecular weight excluding hydrogens is 351 g/mol. The van der Waals surface area contributed by atoms with Crippen LogP contribution in [0.1, 0.15) is 31.2 Å². The summed E-state index contributed by atoms with van der Waals surface area (Å²) < 4.78 is 13.7. The summed E-state index contributed by atoms with van der Waals surface area (Å²) in [7, 11) is 0. The fourth-order valence-corrected chi connectivity index (χ4v) is 2.72. The van der Waals surface area contributed by atoms with Gasteiger partial charge in [-0.05, 0) is 47.8 Å². The molecule has 1 heterocycles. The number of rotatable bonds is 6. The van der Waals surface area contributed by atoms with E-state index in [2.05, 4.69) is 59.0 Å². The van der Waals surface area contributed by atoms with Gasteiger partial charge >= 0.3 is 0 Å². The van der Waals surface area contributed by atoms with E-state index in [1.165, 1.54) is 12.0 Å². The topological polar surface area (TPSA) is 18.5 Å². The van der Waals surface area contributed by atoms with E-state index in [1.807, 2.05) is 4.08 Å². The van der Waals surface area contributed by atoms with Crippen molar-refractivity contribution in [2.24, 2.45) is 0 Å². The molecule has 3 heteroatoms. The number of hydrogen-bond acceptors (Lipinski definition) is 2. The molecule has 1 saturated heterocycles. The first-order chi connectivity index (χ1) is 9.38. The molecule has 2 rings (SSSR count). The Hall–Kier alpha value is -0.390. The van der Waals surface area contributed by atoms with E-state index >= 15 is 0 Å². The lowest BCUT2D eigenvalue weighted by molar-refractivity contribution is -0.179. The molecule has 1 aliphatic heterocycles. The third-order valence-corrected chi connectivity index (χ3v) is 3.73. The van der Waals surface area contributed by atoms with Gasteiger partial charge in [0.25, 0.3) is 0 Å². The first-order valence-electron chi connectivity index (χ1n) is 6.96. The van der Waals surface area contributed by atoms with Crippen molar-refractivity contribution >= 4 is 22.6 Å². The summed E-state index contributed by atoms with van der Waals surface area (Å²) in [5, 5.41) is 0. The lowest BCUT2D eigenvalue weighted by Crippen LogP contribution is -2.27. The van der Waals surface area contributed by atoms with Crippen molar-refractivity contribution in [3.63, 3.8) is 0 Å². The first-order valence-corrected chi connectivity index (χ1v) is 8.21. The molecule has 1 unspecified atom stereocenters. The quantitative estimate of drug-likeness (QED) is 0.686. The van der Waals surface area contributed by atoms with Gasteiger partial charge < -0.3 is 9.47 Å². The Balaban J connectivity index is 1.81. The highest BCUT2D eigenvalue weighted by atomic mass is 127. The molecule has 0 aliphatic carbocycles. The second-order valence-electron chi connectivity index (χ2n) is 4.81. The van der Waals surface area contributed by atoms with E-state index in [0.29, 0.717) is 0 Å². The fourth-order valence-electron chi connectivity index (χ4n) is 2.26. The number of ether oxygens (including phenoxy) is 2. The third-order valence-electron chi connectivity index (χ3n) is 3.31. The number of halogens is 1. The molecule has 0 aromatic heterocycles. The molecule has 0 spiro atoms. The van der Waals surface area contributed by atoms with Crippen molar-refractivity contribution in [1.82, 2.24) is 0 Å². The van der Waals surface area contributed by atoms with Gasteiger partial charge in [-0.2, -0.15) is 0 Å². The lowest BCUT2D eigenvalue weighted by atomic mass is 10.1. The van der Waals surface area contributed by atoms with Crippen LogP contribution < -0.4 is 0 Å². The molecule has 1 fully saturated rings. The molecule has 2 nitrogen and oxygen atoms in total.